The molecule has 3 nitrogen and oxygen atoms in total. The summed E-state index contributed by atoms with van der Waals surface area (Å²) in [4.78, 5) is 15.6. The van der Waals surface area contributed by atoms with Crippen molar-refractivity contribution < 1.29 is 4.79 Å². The molecule has 0 aliphatic heterocycles. The molecule has 128 valence electrons. The summed E-state index contributed by atoms with van der Waals surface area (Å²) in [5.41, 5.74) is 3.11. The molecular formula is C23H19N2NaO. The summed E-state index contributed by atoms with van der Waals surface area (Å²) in [6, 6.07) is 30.9. The average Bonchev–Trinajstić information content (AvgIpc) is 3.21. The first kappa shape index (κ1) is 19.3. The van der Waals surface area contributed by atoms with E-state index in [1.165, 1.54) is 0 Å². The van der Waals surface area contributed by atoms with Crippen LogP contribution >= 0.6 is 0 Å². The Morgan fingerprint density at radius 1 is 0.704 bits per heavy atom. The van der Waals surface area contributed by atoms with Crippen molar-refractivity contribution >= 4 is 35.8 Å². The van der Waals surface area contributed by atoms with Gasteiger partial charge in [0.25, 0.3) is 0 Å². The number of hydrogen-bond donors (Lipinski definition) is 0. The number of aldehydes is 1. The van der Waals surface area contributed by atoms with E-state index in [2.05, 4.69) is 41.4 Å². The maximum atomic E-state index is 11.3. The zero-order chi connectivity index (χ0) is 17.8. The van der Waals surface area contributed by atoms with Crippen LogP contribution < -0.4 is 0 Å². The number of imidazole rings is 1. The maximum absolute atomic E-state index is 11.3. The quantitative estimate of drug-likeness (QED) is 0.307. The second kappa shape index (κ2) is 8.49. The predicted molar refractivity (Wildman–Crippen MR) is 109 cm³/mol. The summed E-state index contributed by atoms with van der Waals surface area (Å²) in [6.45, 7) is 0. The number of rotatable bonds is 5. The molecule has 0 fully saturated rings. The molecule has 0 amide bonds. The fraction of sp³-hybridized carbons (Fsp3) is 0.0435. The van der Waals surface area contributed by atoms with Gasteiger partial charge in [-0.1, -0.05) is 91.0 Å². The molecule has 4 aromatic rings. The van der Waals surface area contributed by atoms with Crippen LogP contribution in [0.15, 0.2) is 104 Å². The van der Waals surface area contributed by atoms with E-state index in [-0.39, 0.29) is 29.6 Å². The van der Waals surface area contributed by atoms with Crippen LogP contribution in [0.5, 0.6) is 0 Å². The van der Waals surface area contributed by atoms with E-state index in [1.54, 1.807) is 12.5 Å². The first-order valence-corrected chi connectivity index (χ1v) is 8.52. The minimum atomic E-state index is -0.613. The molecule has 0 spiro atoms. The number of benzene rings is 3. The van der Waals surface area contributed by atoms with Gasteiger partial charge in [0.15, 0.2) is 6.29 Å². The van der Waals surface area contributed by atoms with Crippen molar-refractivity contribution in [2.24, 2.45) is 0 Å². The Hall–Kier alpha value is -2.46. The predicted octanol–water partition coefficient (Wildman–Crippen LogP) is 3.89. The van der Waals surface area contributed by atoms with Crippen LogP contribution in [0.2, 0.25) is 0 Å². The SMILES string of the molecule is O=Cc1cn(C(c2ccccc2)(c2ccccc2)c2ccccc2)cn1.[NaH]. The van der Waals surface area contributed by atoms with Gasteiger partial charge in [0.2, 0.25) is 0 Å². The molecule has 0 N–H and O–H groups in total. The van der Waals surface area contributed by atoms with Crippen molar-refractivity contribution in [1.29, 1.82) is 0 Å². The third-order valence-electron chi connectivity index (χ3n) is 4.69. The molecule has 1 heterocycles. The monoisotopic (exact) mass is 362 g/mol. The molecule has 1 aromatic heterocycles. The molecule has 3 aromatic carbocycles. The van der Waals surface area contributed by atoms with Crippen molar-refractivity contribution in [3.63, 3.8) is 0 Å². The van der Waals surface area contributed by atoms with E-state index >= 15 is 0 Å². The summed E-state index contributed by atoms with van der Waals surface area (Å²) in [5, 5.41) is 0. The summed E-state index contributed by atoms with van der Waals surface area (Å²) in [6.07, 6.45) is 4.32. The molecule has 0 saturated heterocycles. The van der Waals surface area contributed by atoms with Crippen LogP contribution in [-0.4, -0.2) is 45.4 Å². The Kier molecular flexibility index (Phi) is 6.07. The average molecular weight is 362 g/mol. The van der Waals surface area contributed by atoms with Gasteiger partial charge in [-0.15, -0.1) is 0 Å². The van der Waals surface area contributed by atoms with Crippen LogP contribution in [0.1, 0.15) is 27.2 Å². The van der Waals surface area contributed by atoms with Gasteiger partial charge < -0.3 is 4.57 Å². The normalized spacial score (nSPS) is 10.8. The van der Waals surface area contributed by atoms with Gasteiger partial charge in [-0.25, -0.2) is 4.98 Å². The molecule has 0 radical (unpaired) electrons. The van der Waals surface area contributed by atoms with E-state index in [0.717, 1.165) is 23.0 Å². The van der Waals surface area contributed by atoms with Crippen molar-refractivity contribution in [3.8, 4) is 0 Å². The molecular weight excluding hydrogens is 343 g/mol. The zero-order valence-corrected chi connectivity index (χ0v) is 14.2. The Bertz CT molecular complexity index is 902. The molecule has 0 unspecified atom stereocenters. The van der Waals surface area contributed by atoms with Gasteiger partial charge in [-0.05, 0) is 16.7 Å². The Morgan fingerprint density at radius 2 is 1.11 bits per heavy atom. The van der Waals surface area contributed by atoms with Crippen LogP contribution in [0, 0.1) is 0 Å². The van der Waals surface area contributed by atoms with Crippen molar-refractivity contribution in [2.45, 2.75) is 5.54 Å². The van der Waals surface area contributed by atoms with E-state index in [0.29, 0.717) is 5.69 Å². The topological polar surface area (TPSA) is 34.9 Å². The van der Waals surface area contributed by atoms with Crippen molar-refractivity contribution in [1.82, 2.24) is 9.55 Å². The fourth-order valence-electron chi connectivity index (χ4n) is 3.57. The van der Waals surface area contributed by atoms with Gasteiger partial charge in [0, 0.05) is 6.20 Å². The van der Waals surface area contributed by atoms with Gasteiger partial charge in [0.1, 0.15) is 11.2 Å². The summed E-state index contributed by atoms with van der Waals surface area (Å²) < 4.78 is 2.02. The number of carbonyl (C=O) groups excluding carboxylic acids is 1. The molecule has 0 saturated carbocycles. The number of aromatic nitrogens is 2. The first-order chi connectivity index (χ1) is 12.9. The van der Waals surface area contributed by atoms with Crippen LogP contribution in [0.3, 0.4) is 0 Å². The third-order valence-corrected chi connectivity index (χ3v) is 4.69. The van der Waals surface area contributed by atoms with E-state index in [9.17, 15) is 4.79 Å². The molecule has 0 bridgehead atoms. The molecule has 0 aliphatic rings. The standard InChI is InChI=1S/C23H18N2O.Na.H/c26-17-22-16-25(18-24-22)23(19-10-4-1-5-11-19,20-12-6-2-7-13-20)21-14-8-3-9-15-21;;/h1-18H;;. The molecule has 4 rings (SSSR count). The van der Waals surface area contributed by atoms with Crippen molar-refractivity contribution in [2.75, 3.05) is 0 Å². The second-order valence-corrected chi connectivity index (χ2v) is 6.13. The van der Waals surface area contributed by atoms with Crippen LogP contribution in [0.4, 0.5) is 0 Å². The van der Waals surface area contributed by atoms with E-state index in [4.69, 9.17) is 0 Å². The Balaban J connectivity index is 0.00000210. The van der Waals surface area contributed by atoms with Crippen LogP contribution in [-0.2, 0) is 5.54 Å². The van der Waals surface area contributed by atoms with Gasteiger partial charge in [0.05, 0.1) is 6.33 Å². The van der Waals surface area contributed by atoms with Gasteiger partial charge >= 0.3 is 29.6 Å². The second-order valence-electron chi connectivity index (χ2n) is 6.13. The Morgan fingerprint density at radius 3 is 1.44 bits per heavy atom. The fourth-order valence-corrected chi connectivity index (χ4v) is 3.57. The van der Waals surface area contributed by atoms with Gasteiger partial charge in [-0.2, -0.15) is 0 Å². The zero-order valence-electron chi connectivity index (χ0n) is 14.2. The molecule has 27 heavy (non-hydrogen) atoms. The van der Waals surface area contributed by atoms with Gasteiger partial charge in [-0.3, -0.25) is 4.79 Å². The molecule has 4 heteroatoms. The van der Waals surface area contributed by atoms with E-state index in [1.807, 2.05) is 59.2 Å². The minimum absolute atomic E-state index is 0. The Labute approximate surface area is 181 Å². The molecule has 0 aliphatic carbocycles. The first-order valence-electron chi connectivity index (χ1n) is 8.52. The summed E-state index contributed by atoms with van der Waals surface area (Å²) >= 11 is 0. The van der Waals surface area contributed by atoms with Crippen molar-refractivity contribution in [3.05, 3.63) is 126 Å². The molecule has 0 atom stereocenters. The summed E-state index contributed by atoms with van der Waals surface area (Å²) in [7, 11) is 0. The number of hydrogen-bond acceptors (Lipinski definition) is 2. The third kappa shape index (κ3) is 3.42. The summed E-state index contributed by atoms with van der Waals surface area (Å²) in [5.74, 6) is 0. The van der Waals surface area contributed by atoms with E-state index < -0.39 is 5.54 Å². The number of carbonyl (C=O) groups is 1. The number of nitrogens with zero attached hydrogens (tertiary/aromatic N) is 2. The van der Waals surface area contributed by atoms with Crippen LogP contribution in [0.25, 0.3) is 0 Å².